The Morgan fingerprint density at radius 2 is 2.00 bits per heavy atom. The van der Waals surface area contributed by atoms with Crippen LogP contribution in [-0.2, 0) is 0 Å². The van der Waals surface area contributed by atoms with Crippen LogP contribution in [0.2, 0.25) is 0 Å². The number of rotatable bonds is 6. The molecule has 4 heteroatoms. The number of hydrogen-bond donors (Lipinski definition) is 1. The molecule has 0 spiro atoms. The molecule has 0 aromatic carbocycles. The second kappa shape index (κ2) is 6.84. The van der Waals surface area contributed by atoms with Crippen LogP contribution in [-0.4, -0.2) is 22.2 Å². The molecular weight excluding hydrogens is 206 g/mol. The average Bonchev–Trinajstić information content (AvgIpc) is 2.30. The normalized spacial score (nSPS) is 21.6. The Labute approximate surface area is 97.2 Å². The third kappa shape index (κ3) is 3.74. The maximum atomic E-state index is 10.9. The summed E-state index contributed by atoms with van der Waals surface area (Å²) >= 11 is 0. The van der Waals surface area contributed by atoms with E-state index in [9.17, 15) is 15.2 Å². The van der Waals surface area contributed by atoms with Gasteiger partial charge < -0.3 is 5.11 Å². The summed E-state index contributed by atoms with van der Waals surface area (Å²) < 4.78 is 0. The Morgan fingerprint density at radius 3 is 2.50 bits per heavy atom. The molecule has 1 aliphatic rings. The van der Waals surface area contributed by atoms with Crippen LogP contribution >= 0.6 is 0 Å². The number of hydrogen-bond acceptors (Lipinski definition) is 3. The third-order valence-corrected chi connectivity index (χ3v) is 3.65. The maximum Gasteiger partial charge on any atom is 0.238 e. The fourth-order valence-corrected chi connectivity index (χ4v) is 2.60. The number of nitrogens with zero attached hydrogens (tertiary/aromatic N) is 1. The summed E-state index contributed by atoms with van der Waals surface area (Å²) in [5.74, 6) is 0.154. The van der Waals surface area contributed by atoms with Gasteiger partial charge in [0.25, 0.3) is 0 Å². The van der Waals surface area contributed by atoms with Crippen molar-refractivity contribution in [2.75, 3.05) is 0 Å². The van der Waals surface area contributed by atoms with Crippen molar-refractivity contribution in [2.24, 2.45) is 5.92 Å². The molecule has 0 aromatic heterocycles. The van der Waals surface area contributed by atoms with Crippen molar-refractivity contribution in [3.63, 3.8) is 0 Å². The van der Waals surface area contributed by atoms with Crippen molar-refractivity contribution in [3.05, 3.63) is 10.1 Å². The highest BCUT2D eigenvalue weighted by atomic mass is 16.6. The SMILES string of the molecule is CCCC[C@H]([C@H](O)C1CCCCC1)[N+](=O)[O-]. The lowest BCUT2D eigenvalue weighted by Gasteiger charge is -2.28. The van der Waals surface area contributed by atoms with E-state index in [1.807, 2.05) is 6.92 Å². The molecule has 0 aliphatic heterocycles. The Morgan fingerprint density at radius 1 is 1.38 bits per heavy atom. The van der Waals surface area contributed by atoms with Crippen LogP contribution in [0.1, 0.15) is 58.3 Å². The largest absolute Gasteiger partial charge is 0.386 e. The van der Waals surface area contributed by atoms with Gasteiger partial charge in [0.1, 0.15) is 6.10 Å². The van der Waals surface area contributed by atoms with E-state index in [0.717, 1.165) is 38.5 Å². The standard InChI is InChI=1S/C12H23NO3/c1-2-3-9-11(13(15)16)12(14)10-7-5-4-6-8-10/h10-12,14H,2-9H2,1H3/t11-,12-/m1/s1. The lowest BCUT2D eigenvalue weighted by Crippen LogP contribution is -2.39. The van der Waals surface area contributed by atoms with Crippen LogP contribution in [0.25, 0.3) is 0 Å². The topological polar surface area (TPSA) is 63.4 Å². The van der Waals surface area contributed by atoms with Gasteiger partial charge >= 0.3 is 0 Å². The summed E-state index contributed by atoms with van der Waals surface area (Å²) in [4.78, 5) is 10.7. The Kier molecular flexibility index (Phi) is 5.74. The minimum atomic E-state index is -0.747. The molecule has 1 fully saturated rings. The summed E-state index contributed by atoms with van der Waals surface area (Å²) in [6.07, 6.45) is 6.90. The lowest BCUT2D eigenvalue weighted by atomic mass is 9.82. The number of unbranched alkanes of at least 4 members (excludes halogenated alkanes) is 1. The summed E-state index contributed by atoms with van der Waals surface area (Å²) in [6.45, 7) is 2.02. The van der Waals surface area contributed by atoms with Gasteiger partial charge in [-0.25, -0.2) is 0 Å². The monoisotopic (exact) mass is 229 g/mol. The van der Waals surface area contributed by atoms with Crippen molar-refractivity contribution in [2.45, 2.75) is 70.4 Å². The van der Waals surface area contributed by atoms with Crippen LogP contribution in [0.4, 0.5) is 0 Å². The van der Waals surface area contributed by atoms with Crippen molar-refractivity contribution >= 4 is 0 Å². The van der Waals surface area contributed by atoms with Crippen molar-refractivity contribution in [3.8, 4) is 0 Å². The van der Waals surface area contributed by atoms with E-state index < -0.39 is 12.1 Å². The van der Waals surface area contributed by atoms with Crippen molar-refractivity contribution < 1.29 is 10.0 Å². The highest BCUT2D eigenvalue weighted by Gasteiger charge is 2.35. The molecule has 0 saturated heterocycles. The molecule has 0 heterocycles. The molecular formula is C12H23NO3. The summed E-state index contributed by atoms with van der Waals surface area (Å²) in [5, 5.41) is 21.0. The molecule has 16 heavy (non-hydrogen) atoms. The Balaban J connectivity index is 2.50. The van der Waals surface area contributed by atoms with Gasteiger partial charge in [0.2, 0.25) is 6.04 Å². The Hall–Kier alpha value is -0.640. The van der Waals surface area contributed by atoms with Gasteiger partial charge in [0, 0.05) is 11.3 Å². The molecule has 1 rings (SSSR count). The first kappa shape index (κ1) is 13.4. The second-order valence-corrected chi connectivity index (χ2v) is 4.88. The van der Waals surface area contributed by atoms with Crippen LogP contribution in [0.5, 0.6) is 0 Å². The number of nitro groups is 1. The van der Waals surface area contributed by atoms with E-state index >= 15 is 0 Å². The molecule has 1 saturated carbocycles. The van der Waals surface area contributed by atoms with Crippen LogP contribution in [0.3, 0.4) is 0 Å². The Bertz CT molecular complexity index is 214. The fourth-order valence-electron chi connectivity index (χ4n) is 2.60. The zero-order valence-corrected chi connectivity index (χ0v) is 10.1. The van der Waals surface area contributed by atoms with Gasteiger partial charge in [-0.3, -0.25) is 10.1 Å². The first-order valence-electron chi connectivity index (χ1n) is 6.48. The smallest absolute Gasteiger partial charge is 0.238 e. The van der Waals surface area contributed by atoms with E-state index in [1.54, 1.807) is 0 Å². The van der Waals surface area contributed by atoms with E-state index in [2.05, 4.69) is 0 Å². The third-order valence-electron chi connectivity index (χ3n) is 3.65. The molecule has 1 aliphatic carbocycles. The summed E-state index contributed by atoms with van der Waals surface area (Å²) in [6, 6.07) is -0.747. The van der Waals surface area contributed by atoms with E-state index in [0.29, 0.717) is 6.42 Å². The maximum absolute atomic E-state index is 10.9. The van der Waals surface area contributed by atoms with E-state index in [4.69, 9.17) is 0 Å². The second-order valence-electron chi connectivity index (χ2n) is 4.88. The van der Waals surface area contributed by atoms with E-state index in [-0.39, 0.29) is 10.8 Å². The van der Waals surface area contributed by atoms with Gasteiger partial charge in [0.05, 0.1) is 0 Å². The van der Waals surface area contributed by atoms with Gasteiger partial charge in [-0.15, -0.1) is 0 Å². The summed E-state index contributed by atoms with van der Waals surface area (Å²) in [7, 11) is 0. The predicted molar refractivity (Wildman–Crippen MR) is 62.9 cm³/mol. The van der Waals surface area contributed by atoms with Crippen molar-refractivity contribution in [1.82, 2.24) is 0 Å². The average molecular weight is 229 g/mol. The molecule has 0 amide bonds. The quantitative estimate of drug-likeness (QED) is 0.562. The molecule has 0 radical (unpaired) electrons. The molecule has 94 valence electrons. The van der Waals surface area contributed by atoms with Gasteiger partial charge in [0.15, 0.2) is 0 Å². The van der Waals surface area contributed by atoms with Gasteiger partial charge in [-0.05, 0) is 25.2 Å². The summed E-state index contributed by atoms with van der Waals surface area (Å²) in [5.41, 5.74) is 0. The minimum absolute atomic E-state index is 0.154. The van der Waals surface area contributed by atoms with Crippen LogP contribution < -0.4 is 0 Å². The molecule has 0 unspecified atom stereocenters. The van der Waals surface area contributed by atoms with Crippen LogP contribution in [0, 0.1) is 16.0 Å². The number of aliphatic hydroxyl groups excluding tert-OH is 1. The predicted octanol–water partition coefficient (Wildman–Crippen LogP) is 2.76. The highest BCUT2D eigenvalue weighted by molar-refractivity contribution is 4.79. The molecule has 0 bridgehead atoms. The van der Waals surface area contributed by atoms with Crippen molar-refractivity contribution in [1.29, 1.82) is 0 Å². The van der Waals surface area contributed by atoms with Crippen LogP contribution in [0.15, 0.2) is 0 Å². The van der Waals surface area contributed by atoms with Gasteiger partial charge in [-0.2, -0.15) is 0 Å². The fraction of sp³-hybridized carbons (Fsp3) is 1.00. The van der Waals surface area contributed by atoms with E-state index in [1.165, 1.54) is 6.42 Å². The molecule has 0 aromatic rings. The molecule has 2 atom stereocenters. The van der Waals surface area contributed by atoms with Gasteiger partial charge in [-0.1, -0.05) is 32.6 Å². The zero-order chi connectivity index (χ0) is 12.0. The first-order chi connectivity index (χ1) is 7.66. The number of aliphatic hydroxyl groups is 1. The lowest BCUT2D eigenvalue weighted by molar-refractivity contribution is -0.537. The zero-order valence-electron chi connectivity index (χ0n) is 10.1. The highest BCUT2D eigenvalue weighted by Crippen LogP contribution is 2.29. The molecule has 4 nitrogen and oxygen atoms in total. The first-order valence-corrected chi connectivity index (χ1v) is 6.48. The minimum Gasteiger partial charge on any atom is -0.386 e. The molecule has 1 N–H and O–H groups in total.